The summed E-state index contributed by atoms with van der Waals surface area (Å²) >= 11 is 0. The van der Waals surface area contributed by atoms with Crippen molar-refractivity contribution in [2.24, 2.45) is 0 Å². The van der Waals surface area contributed by atoms with E-state index in [4.69, 9.17) is 0 Å². The van der Waals surface area contributed by atoms with Gasteiger partial charge < -0.3 is 24.6 Å². The Morgan fingerprint density at radius 2 is 1.15 bits per heavy atom. The molecule has 7 aromatic rings. The van der Waals surface area contributed by atoms with E-state index in [1.807, 2.05) is 53.1 Å². The number of aryl methyl sites for hydroxylation is 3. The molecule has 2 aliphatic rings. The van der Waals surface area contributed by atoms with Crippen LogP contribution in [0.1, 0.15) is 22.3 Å². The van der Waals surface area contributed by atoms with E-state index in [1.165, 1.54) is 28.3 Å². The van der Waals surface area contributed by atoms with Crippen LogP contribution < -0.4 is 24.6 Å². The fourth-order valence-electron chi connectivity index (χ4n) is 6.94. The van der Waals surface area contributed by atoms with Gasteiger partial charge in [-0.3, -0.25) is 0 Å². The number of anilines is 6. The van der Waals surface area contributed by atoms with Gasteiger partial charge in [0.15, 0.2) is 0 Å². The number of alkyl halides is 3. The number of hydrogen-bond acceptors (Lipinski definition) is 8. The van der Waals surface area contributed by atoms with Crippen LogP contribution in [0.25, 0.3) is 32.9 Å². The molecule has 268 valence electrons. The number of para-hydroxylation sites is 1. The van der Waals surface area contributed by atoms with Gasteiger partial charge in [0, 0.05) is 24.8 Å². The van der Waals surface area contributed by atoms with Crippen molar-refractivity contribution < 1.29 is 34.2 Å². The summed E-state index contributed by atoms with van der Waals surface area (Å²) in [6.45, 7) is 10.4. The van der Waals surface area contributed by atoms with Crippen molar-refractivity contribution in [3.63, 3.8) is 0 Å². The quantitative estimate of drug-likeness (QED) is 0.162. The Morgan fingerprint density at radius 1 is 0.642 bits per heavy atom. The van der Waals surface area contributed by atoms with Crippen LogP contribution >= 0.6 is 0 Å². The van der Waals surface area contributed by atoms with E-state index in [9.17, 15) is 13.2 Å². The van der Waals surface area contributed by atoms with Crippen LogP contribution in [0.15, 0.2) is 91.5 Å². The molecule has 0 saturated carbocycles. The summed E-state index contributed by atoms with van der Waals surface area (Å²) in [5.74, 6) is 3.15. The van der Waals surface area contributed by atoms with Gasteiger partial charge in [0.1, 0.15) is 23.3 Å². The van der Waals surface area contributed by atoms with Crippen LogP contribution in [0, 0.1) is 40.2 Å². The molecule has 9 rings (SSSR count). The first-order chi connectivity index (χ1) is 25.0. The maximum Gasteiger partial charge on any atom is 4.00 e. The maximum absolute atomic E-state index is 12.6. The van der Waals surface area contributed by atoms with Crippen molar-refractivity contribution >= 4 is 56.5 Å². The third kappa shape index (κ3) is 6.56. The molecule has 0 atom stereocenters. The Morgan fingerprint density at radius 3 is 1.70 bits per heavy atom. The number of nitrogens with zero attached hydrogens (tertiary/aromatic N) is 9. The summed E-state index contributed by atoms with van der Waals surface area (Å²) in [6.07, 6.45) is 2.54. The predicted molar refractivity (Wildman–Crippen MR) is 198 cm³/mol. The maximum atomic E-state index is 12.6. The van der Waals surface area contributed by atoms with E-state index in [0.29, 0.717) is 10.9 Å². The molecule has 4 aromatic carbocycles. The number of aromatic nitrogens is 5. The molecule has 0 radical (unpaired) electrons. The number of rotatable bonds is 3. The number of fused-ring (bicyclic) bond motifs is 5. The molecule has 9 nitrogen and oxygen atoms in total. The first kappa shape index (κ1) is 35.9. The Balaban J connectivity index is 0.000000203. The van der Waals surface area contributed by atoms with E-state index in [-0.39, 0.29) is 21.1 Å². The zero-order chi connectivity index (χ0) is 36.3. The van der Waals surface area contributed by atoms with Crippen molar-refractivity contribution in [1.29, 1.82) is 0 Å². The second kappa shape index (κ2) is 13.8. The molecule has 5 heterocycles. The minimum Gasteiger partial charge on any atom is -0.657 e. The van der Waals surface area contributed by atoms with Crippen molar-refractivity contribution in [3.05, 3.63) is 133 Å². The van der Waals surface area contributed by atoms with Crippen LogP contribution in [-0.2, 0) is 27.2 Å². The minimum atomic E-state index is -4.31. The smallest absolute Gasteiger partial charge is 0.657 e. The van der Waals surface area contributed by atoms with E-state index >= 15 is 0 Å². The molecule has 13 heteroatoms. The molecule has 0 saturated heterocycles. The van der Waals surface area contributed by atoms with Crippen molar-refractivity contribution in [3.8, 4) is 11.1 Å². The summed E-state index contributed by atoms with van der Waals surface area (Å²) in [4.78, 5) is 30.5. The fraction of sp³-hybridized carbons (Fsp3) is 0.150. The molecule has 0 aliphatic carbocycles. The third-order valence-electron chi connectivity index (χ3n) is 9.11. The van der Waals surface area contributed by atoms with Gasteiger partial charge in [-0.15, -0.1) is 59.5 Å². The zero-order valence-electron chi connectivity index (χ0n) is 29.3. The molecule has 2 aliphatic heterocycles. The SMILES string of the molecule is Cc1cc(C)c(-c2cc(N3[CH-]N(C)c4nccnc43)[c-]c(N3[CH-]N(C)c4nccnc43)c2)c(C)c1.FC(F)(F)c1ccc2[n-]c3ccccc3c2c1.[Pt+4]. The van der Waals surface area contributed by atoms with Gasteiger partial charge in [-0.2, -0.15) is 13.2 Å². The fourth-order valence-corrected chi connectivity index (χ4v) is 6.94. The van der Waals surface area contributed by atoms with Crippen molar-refractivity contribution in [2.75, 3.05) is 33.7 Å². The topological polar surface area (TPSA) is 78.6 Å². The number of halogens is 3. The predicted octanol–water partition coefficient (Wildman–Crippen LogP) is 9.04. The Labute approximate surface area is 319 Å². The van der Waals surface area contributed by atoms with Crippen molar-refractivity contribution in [1.82, 2.24) is 24.9 Å². The van der Waals surface area contributed by atoms with E-state index < -0.39 is 11.7 Å². The van der Waals surface area contributed by atoms with Crippen molar-refractivity contribution in [2.45, 2.75) is 26.9 Å². The molecule has 0 fully saturated rings. The monoisotopic (exact) mass is 890 g/mol. The molecule has 0 bridgehead atoms. The summed E-state index contributed by atoms with van der Waals surface area (Å²) in [6, 6.07) is 23.2. The Bertz CT molecular complexity index is 2380. The molecule has 53 heavy (non-hydrogen) atoms. The van der Waals surface area contributed by atoms with Gasteiger partial charge in [0.25, 0.3) is 0 Å². The average Bonchev–Trinajstić information content (AvgIpc) is 3.78. The molecular formula is C40H32F3N9Pt. The van der Waals surface area contributed by atoms with Crippen LogP contribution in [0.4, 0.5) is 47.8 Å². The molecule has 0 unspecified atom stereocenters. The first-order valence-corrected chi connectivity index (χ1v) is 16.5. The van der Waals surface area contributed by atoms with Gasteiger partial charge in [-0.05, 0) is 68.4 Å². The zero-order valence-corrected chi connectivity index (χ0v) is 31.6. The largest absolute Gasteiger partial charge is 4.00 e. The van der Waals surface area contributed by atoms with E-state index in [0.717, 1.165) is 63.2 Å². The Kier molecular flexibility index (Phi) is 9.36. The standard InChI is InChI=1S/C27H25N8.C13H7F3N.Pt/c1-17-10-18(2)23(19(3)11-17)20-12-21(34-15-32(4)24-26(34)30-8-6-28-24)14-22(13-20)35-16-33(5)25-27(35)31-9-7-29-25;14-13(15,16)8-5-6-12-10(7-8)9-3-1-2-4-11(9)17-12;/h6-13,15-16H,1-5H3;1-7H;/q-3;-1;+4. The summed E-state index contributed by atoms with van der Waals surface area (Å²) in [7, 11) is 3.95. The Hall–Kier alpha value is -5.48. The second-order valence-electron chi connectivity index (χ2n) is 12.9. The van der Waals surface area contributed by atoms with Crippen LogP contribution in [-0.4, -0.2) is 34.0 Å². The third-order valence-corrected chi connectivity index (χ3v) is 9.11. The minimum absolute atomic E-state index is 0. The number of hydrogen-bond donors (Lipinski definition) is 0. The van der Waals surface area contributed by atoms with Crippen LogP contribution in [0.2, 0.25) is 0 Å². The van der Waals surface area contributed by atoms with Gasteiger partial charge in [-0.1, -0.05) is 54.1 Å². The van der Waals surface area contributed by atoms with E-state index in [1.54, 1.807) is 43.0 Å². The number of benzene rings is 4. The second-order valence-corrected chi connectivity index (χ2v) is 12.9. The van der Waals surface area contributed by atoms with Gasteiger partial charge in [0.05, 0.1) is 5.56 Å². The van der Waals surface area contributed by atoms with E-state index in [2.05, 4.69) is 76.0 Å². The first-order valence-electron chi connectivity index (χ1n) is 16.5. The summed E-state index contributed by atoms with van der Waals surface area (Å²) in [5, 5.41) is 1.31. The van der Waals surface area contributed by atoms with Gasteiger partial charge >= 0.3 is 27.2 Å². The molecule has 0 N–H and O–H groups in total. The molecule has 0 amide bonds. The average molecular weight is 891 g/mol. The molecule has 0 spiro atoms. The van der Waals surface area contributed by atoms with Gasteiger partial charge in [0.2, 0.25) is 0 Å². The van der Waals surface area contributed by atoms with Crippen LogP contribution in [0.3, 0.4) is 0 Å². The normalized spacial score (nSPS) is 13.6. The summed E-state index contributed by atoms with van der Waals surface area (Å²) in [5.41, 5.74) is 8.46. The van der Waals surface area contributed by atoms with Crippen LogP contribution in [0.5, 0.6) is 0 Å². The van der Waals surface area contributed by atoms with Gasteiger partial charge in [-0.25, -0.2) is 19.9 Å². The summed E-state index contributed by atoms with van der Waals surface area (Å²) < 4.78 is 37.8. The molecular weight excluding hydrogens is 859 g/mol. The molecule has 3 aromatic heterocycles.